The van der Waals surface area contributed by atoms with Gasteiger partial charge in [0.1, 0.15) is 11.5 Å². The van der Waals surface area contributed by atoms with Gasteiger partial charge in [-0.1, -0.05) is 12.1 Å². The van der Waals surface area contributed by atoms with Crippen LogP contribution in [0.5, 0.6) is 0 Å². The second kappa shape index (κ2) is 5.81. The molecule has 2 atom stereocenters. The van der Waals surface area contributed by atoms with Gasteiger partial charge in [-0.25, -0.2) is 9.37 Å². The fraction of sp³-hybridized carbons (Fsp3) is 0.312. The Morgan fingerprint density at radius 3 is 2.86 bits per heavy atom. The van der Waals surface area contributed by atoms with Gasteiger partial charge in [0.25, 0.3) is 5.91 Å². The molecule has 1 aromatic heterocycles. The van der Waals surface area contributed by atoms with Crippen molar-refractivity contribution in [3.63, 3.8) is 0 Å². The summed E-state index contributed by atoms with van der Waals surface area (Å²) in [6.07, 6.45) is 2.70. The van der Waals surface area contributed by atoms with Crippen LogP contribution in [0.3, 0.4) is 0 Å². The van der Waals surface area contributed by atoms with Crippen LogP contribution in [-0.4, -0.2) is 38.5 Å². The first-order valence-corrected chi connectivity index (χ1v) is 7.08. The van der Waals surface area contributed by atoms with E-state index in [0.717, 1.165) is 5.69 Å². The summed E-state index contributed by atoms with van der Waals surface area (Å²) in [6, 6.07) is 5.74. The normalized spacial score (nSPS) is 21.1. The summed E-state index contributed by atoms with van der Waals surface area (Å²) in [5, 5.41) is 9.92. The average molecular weight is 301 g/mol. The van der Waals surface area contributed by atoms with Crippen molar-refractivity contribution in [2.75, 3.05) is 6.54 Å². The largest absolute Gasteiger partial charge is 0.391 e. The number of hydrogen-bond acceptors (Lipinski definition) is 4. The van der Waals surface area contributed by atoms with E-state index in [0.29, 0.717) is 12.0 Å². The van der Waals surface area contributed by atoms with Crippen LogP contribution in [-0.2, 0) is 0 Å². The summed E-state index contributed by atoms with van der Waals surface area (Å²) in [5.74, 6) is -0.667. The van der Waals surface area contributed by atoms with Crippen molar-refractivity contribution in [1.29, 1.82) is 0 Å². The molecule has 114 valence electrons. The molecule has 1 N–H and O–H groups in total. The fourth-order valence-electron chi connectivity index (χ4n) is 2.72. The Morgan fingerprint density at radius 2 is 2.18 bits per heavy atom. The van der Waals surface area contributed by atoms with Crippen LogP contribution in [0.15, 0.2) is 36.7 Å². The Bertz CT molecular complexity index is 690. The summed E-state index contributed by atoms with van der Waals surface area (Å²) in [7, 11) is 0. The van der Waals surface area contributed by atoms with E-state index in [2.05, 4.69) is 9.97 Å². The summed E-state index contributed by atoms with van der Waals surface area (Å²) < 4.78 is 13.4. The number of likely N-dealkylation sites (tertiary alicyclic amines) is 1. The van der Waals surface area contributed by atoms with Crippen molar-refractivity contribution in [3.8, 4) is 0 Å². The van der Waals surface area contributed by atoms with E-state index in [1.165, 1.54) is 29.4 Å². The van der Waals surface area contributed by atoms with Crippen LogP contribution in [0, 0.1) is 12.7 Å². The Labute approximate surface area is 127 Å². The molecule has 0 bridgehead atoms. The number of aliphatic hydroxyl groups excluding tert-OH is 1. The Balaban J connectivity index is 1.90. The van der Waals surface area contributed by atoms with Crippen molar-refractivity contribution in [2.24, 2.45) is 0 Å². The lowest BCUT2D eigenvalue weighted by Crippen LogP contribution is -2.32. The number of aryl methyl sites for hydroxylation is 1. The number of amides is 1. The first-order valence-electron chi connectivity index (χ1n) is 7.08. The van der Waals surface area contributed by atoms with E-state index >= 15 is 0 Å². The van der Waals surface area contributed by atoms with Gasteiger partial charge in [0.15, 0.2) is 0 Å². The van der Waals surface area contributed by atoms with Gasteiger partial charge in [-0.2, -0.15) is 0 Å². The van der Waals surface area contributed by atoms with Crippen LogP contribution in [0.25, 0.3) is 0 Å². The summed E-state index contributed by atoms with van der Waals surface area (Å²) in [4.78, 5) is 22.3. The Morgan fingerprint density at radius 1 is 1.36 bits per heavy atom. The van der Waals surface area contributed by atoms with Crippen LogP contribution in [0.2, 0.25) is 0 Å². The first kappa shape index (κ1) is 14.6. The quantitative estimate of drug-likeness (QED) is 0.919. The van der Waals surface area contributed by atoms with Gasteiger partial charge in [0.2, 0.25) is 0 Å². The minimum Gasteiger partial charge on any atom is -0.391 e. The number of benzene rings is 1. The van der Waals surface area contributed by atoms with Gasteiger partial charge < -0.3 is 10.0 Å². The molecule has 1 fully saturated rings. The summed E-state index contributed by atoms with van der Waals surface area (Å²) >= 11 is 0. The number of aromatic nitrogens is 2. The number of β-amino-alcohol motifs (C(OH)–C–C–N with tert-alkyl or cyclic N) is 1. The molecule has 0 spiro atoms. The number of carbonyl (C=O) groups excluding carboxylic acids is 1. The van der Waals surface area contributed by atoms with Gasteiger partial charge in [0.05, 0.1) is 24.0 Å². The average Bonchev–Trinajstić information content (AvgIpc) is 2.89. The van der Waals surface area contributed by atoms with Gasteiger partial charge >= 0.3 is 0 Å². The number of nitrogens with zero attached hydrogens (tertiary/aromatic N) is 3. The first-order chi connectivity index (χ1) is 10.5. The molecule has 0 aliphatic carbocycles. The molecule has 1 aliphatic rings. The minimum atomic E-state index is -0.629. The highest BCUT2D eigenvalue weighted by Gasteiger charge is 2.36. The molecule has 1 saturated heterocycles. The highest BCUT2D eigenvalue weighted by atomic mass is 19.1. The van der Waals surface area contributed by atoms with Crippen molar-refractivity contribution < 1.29 is 14.3 Å². The van der Waals surface area contributed by atoms with Gasteiger partial charge in [-0.05, 0) is 31.0 Å². The molecule has 0 saturated carbocycles. The number of hydrogen-bond donors (Lipinski definition) is 1. The SMILES string of the molecule is Cc1cnc(C(=O)N2C[C@@H](O)C[C@H]2c2cccc(F)c2)cn1. The van der Waals surface area contributed by atoms with E-state index in [1.54, 1.807) is 19.1 Å². The van der Waals surface area contributed by atoms with Crippen molar-refractivity contribution >= 4 is 5.91 Å². The summed E-state index contributed by atoms with van der Waals surface area (Å²) in [5.41, 5.74) is 1.62. The lowest BCUT2D eigenvalue weighted by molar-refractivity contribution is 0.0709. The zero-order valence-electron chi connectivity index (χ0n) is 12.1. The molecular formula is C16H16FN3O2. The molecule has 2 aromatic rings. The predicted octanol–water partition coefficient (Wildman–Crippen LogP) is 1.87. The van der Waals surface area contributed by atoms with Crippen LogP contribution in [0.4, 0.5) is 4.39 Å². The summed E-state index contributed by atoms with van der Waals surface area (Å²) in [6.45, 7) is 1.99. The molecule has 3 rings (SSSR count). The van der Waals surface area contributed by atoms with Crippen molar-refractivity contribution in [1.82, 2.24) is 14.9 Å². The van der Waals surface area contributed by atoms with E-state index in [9.17, 15) is 14.3 Å². The zero-order valence-corrected chi connectivity index (χ0v) is 12.1. The van der Waals surface area contributed by atoms with E-state index in [4.69, 9.17) is 0 Å². The maximum Gasteiger partial charge on any atom is 0.274 e. The molecule has 0 radical (unpaired) electrons. The van der Waals surface area contributed by atoms with Gasteiger partial charge in [-0.15, -0.1) is 0 Å². The third-order valence-corrected chi connectivity index (χ3v) is 3.77. The van der Waals surface area contributed by atoms with Gasteiger partial charge in [-0.3, -0.25) is 9.78 Å². The lowest BCUT2D eigenvalue weighted by Gasteiger charge is -2.24. The molecule has 1 aromatic carbocycles. The Kier molecular flexibility index (Phi) is 3.85. The Hall–Kier alpha value is -2.34. The van der Waals surface area contributed by atoms with E-state index in [1.807, 2.05) is 0 Å². The maximum absolute atomic E-state index is 13.4. The smallest absolute Gasteiger partial charge is 0.274 e. The number of carbonyl (C=O) groups is 1. The van der Waals surface area contributed by atoms with Crippen LogP contribution in [0.1, 0.15) is 34.2 Å². The van der Waals surface area contributed by atoms with Gasteiger partial charge in [0, 0.05) is 12.7 Å². The third kappa shape index (κ3) is 2.82. The third-order valence-electron chi connectivity index (χ3n) is 3.77. The van der Waals surface area contributed by atoms with E-state index in [-0.39, 0.29) is 30.0 Å². The second-order valence-electron chi connectivity index (χ2n) is 5.46. The highest BCUT2D eigenvalue weighted by molar-refractivity contribution is 5.92. The number of halogens is 1. The molecule has 5 nitrogen and oxygen atoms in total. The van der Waals surface area contributed by atoms with Crippen molar-refractivity contribution in [2.45, 2.75) is 25.5 Å². The highest BCUT2D eigenvalue weighted by Crippen LogP contribution is 2.33. The lowest BCUT2D eigenvalue weighted by atomic mass is 10.0. The van der Waals surface area contributed by atoms with E-state index < -0.39 is 6.10 Å². The standard InChI is InChI=1S/C16H16FN3O2/c1-10-7-19-14(8-18-10)16(22)20-9-13(21)6-15(20)11-3-2-4-12(17)5-11/h2-5,7-8,13,15,21H,6,9H2,1H3/t13-,15-/m0/s1. The molecule has 6 heteroatoms. The zero-order chi connectivity index (χ0) is 15.7. The molecule has 2 heterocycles. The fourth-order valence-corrected chi connectivity index (χ4v) is 2.72. The minimum absolute atomic E-state index is 0.204. The second-order valence-corrected chi connectivity index (χ2v) is 5.46. The predicted molar refractivity (Wildman–Crippen MR) is 77.6 cm³/mol. The van der Waals surface area contributed by atoms with Crippen LogP contribution >= 0.6 is 0 Å². The molecule has 1 amide bonds. The van der Waals surface area contributed by atoms with Crippen molar-refractivity contribution in [3.05, 3.63) is 59.4 Å². The molecule has 0 unspecified atom stereocenters. The monoisotopic (exact) mass is 301 g/mol. The topological polar surface area (TPSA) is 66.3 Å². The molecule has 22 heavy (non-hydrogen) atoms. The number of aliphatic hydroxyl groups is 1. The molecular weight excluding hydrogens is 285 g/mol. The van der Waals surface area contributed by atoms with Crippen LogP contribution < -0.4 is 0 Å². The maximum atomic E-state index is 13.4. The number of rotatable bonds is 2. The molecule has 1 aliphatic heterocycles.